The molecule has 146 valence electrons. The van der Waals surface area contributed by atoms with Crippen molar-refractivity contribution in [1.82, 2.24) is 4.90 Å². The van der Waals surface area contributed by atoms with Gasteiger partial charge in [0.15, 0.2) is 0 Å². The van der Waals surface area contributed by atoms with Crippen LogP contribution in [0, 0.1) is 11.3 Å². The quantitative estimate of drug-likeness (QED) is 0.844. The average Bonchev–Trinajstić information content (AvgIpc) is 2.74. The lowest BCUT2D eigenvalue weighted by atomic mass is 9.80. The molecule has 2 N–H and O–H groups in total. The Morgan fingerprint density at radius 2 is 1.72 bits per heavy atom. The Kier molecular flexibility index (Phi) is 5.24. The Balaban J connectivity index is 1.89. The molecule has 0 bridgehead atoms. The molecule has 0 amide bonds. The van der Waals surface area contributed by atoms with Crippen molar-refractivity contribution < 1.29 is 4.74 Å². The first-order chi connectivity index (χ1) is 14.1. The van der Waals surface area contributed by atoms with Crippen molar-refractivity contribution in [3.8, 4) is 6.07 Å². The highest BCUT2D eigenvalue weighted by Crippen LogP contribution is 2.44. The van der Waals surface area contributed by atoms with Gasteiger partial charge in [-0.25, -0.2) is 0 Å². The molecule has 0 aromatic heterocycles. The van der Waals surface area contributed by atoms with Crippen LogP contribution in [0.15, 0.2) is 89.0 Å². The molecule has 0 radical (unpaired) electrons. The molecule has 29 heavy (non-hydrogen) atoms. The maximum Gasteiger partial charge on any atom is 0.205 e. The van der Waals surface area contributed by atoms with Crippen molar-refractivity contribution in [2.45, 2.75) is 25.8 Å². The molecule has 0 fully saturated rings. The van der Waals surface area contributed by atoms with E-state index in [0.29, 0.717) is 11.6 Å². The van der Waals surface area contributed by atoms with Crippen LogP contribution in [0.25, 0.3) is 6.08 Å². The second-order valence-electron chi connectivity index (χ2n) is 7.77. The van der Waals surface area contributed by atoms with Crippen molar-refractivity contribution in [2.75, 3.05) is 13.1 Å². The summed E-state index contributed by atoms with van der Waals surface area (Å²) in [5.41, 5.74) is 11.1. The first kappa shape index (κ1) is 19.0. The van der Waals surface area contributed by atoms with E-state index in [1.807, 2.05) is 36.4 Å². The van der Waals surface area contributed by atoms with Gasteiger partial charge < -0.3 is 10.5 Å². The molecule has 2 aliphatic heterocycles. The zero-order valence-corrected chi connectivity index (χ0v) is 16.8. The minimum atomic E-state index is -0.189. The summed E-state index contributed by atoms with van der Waals surface area (Å²) in [4.78, 5) is 2.41. The highest BCUT2D eigenvalue weighted by atomic mass is 16.5. The van der Waals surface area contributed by atoms with Gasteiger partial charge in [-0.05, 0) is 36.6 Å². The summed E-state index contributed by atoms with van der Waals surface area (Å²) < 4.78 is 6.08. The molecule has 4 rings (SSSR count). The third kappa shape index (κ3) is 3.70. The molecule has 2 aromatic carbocycles. The van der Waals surface area contributed by atoms with E-state index in [1.165, 1.54) is 0 Å². The molecule has 2 aliphatic rings. The molecule has 4 nitrogen and oxygen atoms in total. The van der Waals surface area contributed by atoms with Gasteiger partial charge in [-0.1, -0.05) is 60.7 Å². The zero-order chi connectivity index (χ0) is 20.4. The summed E-state index contributed by atoms with van der Waals surface area (Å²) >= 11 is 0. The van der Waals surface area contributed by atoms with Gasteiger partial charge in [0, 0.05) is 24.7 Å². The van der Waals surface area contributed by atoms with Crippen LogP contribution in [-0.4, -0.2) is 24.0 Å². The predicted octanol–water partition coefficient (Wildman–Crippen LogP) is 4.56. The third-order valence-electron chi connectivity index (χ3n) is 5.57. The van der Waals surface area contributed by atoms with Crippen LogP contribution in [0.5, 0.6) is 0 Å². The number of benzene rings is 2. The minimum absolute atomic E-state index is 0.189. The maximum atomic E-state index is 9.84. The van der Waals surface area contributed by atoms with Gasteiger partial charge >= 0.3 is 0 Å². The standard InChI is InChI=1S/C25H25N3O/c1-17(2)28-15-20(13-18-9-5-3-6-10-18)24-22(16-28)23(19-11-7-4-8-12-19)21(14-26)25(27)29-24/h3-13,17,23H,15-16,27H2,1-2H3/b20-13+/t23-/m0/s1. The number of nitrogens with two attached hydrogens (primary N) is 1. The molecular formula is C25H25N3O. The van der Waals surface area contributed by atoms with E-state index in [0.717, 1.165) is 41.1 Å². The molecule has 0 spiro atoms. The number of allylic oxidation sites excluding steroid dienone is 1. The maximum absolute atomic E-state index is 9.84. The van der Waals surface area contributed by atoms with Gasteiger partial charge in [-0.15, -0.1) is 0 Å². The minimum Gasteiger partial charge on any atom is -0.440 e. The van der Waals surface area contributed by atoms with E-state index < -0.39 is 0 Å². The molecular weight excluding hydrogens is 358 g/mol. The topological polar surface area (TPSA) is 62.3 Å². The number of nitriles is 1. The third-order valence-corrected chi connectivity index (χ3v) is 5.57. The van der Waals surface area contributed by atoms with Crippen molar-refractivity contribution in [1.29, 1.82) is 5.26 Å². The molecule has 2 aromatic rings. The molecule has 0 saturated carbocycles. The van der Waals surface area contributed by atoms with Crippen LogP contribution in [-0.2, 0) is 4.74 Å². The monoisotopic (exact) mass is 383 g/mol. The largest absolute Gasteiger partial charge is 0.440 e. The number of hydrogen-bond donors (Lipinski definition) is 1. The van der Waals surface area contributed by atoms with Crippen molar-refractivity contribution >= 4 is 6.08 Å². The van der Waals surface area contributed by atoms with Gasteiger partial charge in [0.05, 0.1) is 5.92 Å². The lowest BCUT2D eigenvalue weighted by Gasteiger charge is -2.39. The summed E-state index contributed by atoms with van der Waals surface area (Å²) in [6.45, 7) is 5.92. The second kappa shape index (κ2) is 7.98. The van der Waals surface area contributed by atoms with E-state index in [4.69, 9.17) is 10.5 Å². The van der Waals surface area contributed by atoms with Gasteiger partial charge in [-0.2, -0.15) is 5.26 Å². The van der Waals surface area contributed by atoms with Crippen LogP contribution in [0.1, 0.15) is 30.9 Å². The van der Waals surface area contributed by atoms with Crippen LogP contribution >= 0.6 is 0 Å². The smallest absolute Gasteiger partial charge is 0.205 e. The van der Waals surface area contributed by atoms with E-state index in [2.05, 4.69) is 55.2 Å². The molecule has 0 saturated heterocycles. The van der Waals surface area contributed by atoms with Crippen LogP contribution in [0.4, 0.5) is 0 Å². The van der Waals surface area contributed by atoms with Crippen molar-refractivity contribution in [3.63, 3.8) is 0 Å². The predicted molar refractivity (Wildman–Crippen MR) is 115 cm³/mol. The fourth-order valence-electron chi connectivity index (χ4n) is 4.04. The van der Waals surface area contributed by atoms with Crippen LogP contribution < -0.4 is 5.73 Å². The van der Waals surface area contributed by atoms with Gasteiger partial charge in [0.1, 0.15) is 17.4 Å². The lowest BCUT2D eigenvalue weighted by Crippen LogP contribution is -2.41. The fourth-order valence-corrected chi connectivity index (χ4v) is 4.04. The average molecular weight is 383 g/mol. The number of rotatable bonds is 3. The first-order valence-corrected chi connectivity index (χ1v) is 9.94. The normalized spacial score (nSPS) is 21.2. The van der Waals surface area contributed by atoms with Crippen LogP contribution in [0.2, 0.25) is 0 Å². The number of ether oxygens (including phenoxy) is 1. The summed E-state index contributed by atoms with van der Waals surface area (Å²) in [7, 11) is 0. The fraction of sp³-hybridized carbons (Fsp3) is 0.240. The Bertz CT molecular complexity index is 1030. The zero-order valence-electron chi connectivity index (χ0n) is 16.8. The first-order valence-electron chi connectivity index (χ1n) is 9.94. The van der Waals surface area contributed by atoms with Crippen molar-refractivity contribution in [2.24, 2.45) is 5.73 Å². The molecule has 0 aliphatic carbocycles. The van der Waals surface area contributed by atoms with Gasteiger partial charge in [0.2, 0.25) is 5.88 Å². The lowest BCUT2D eigenvalue weighted by molar-refractivity contribution is 0.208. The van der Waals surface area contributed by atoms with E-state index in [9.17, 15) is 5.26 Å². The highest BCUT2D eigenvalue weighted by molar-refractivity contribution is 5.63. The Morgan fingerprint density at radius 3 is 2.34 bits per heavy atom. The SMILES string of the molecule is CC(C)N1CC2=C(OC(N)=C(C#N)[C@@H]2c2ccccc2)/C(=C/c2ccccc2)C1. The summed E-state index contributed by atoms with van der Waals surface area (Å²) in [6, 6.07) is 23.0. The number of nitrogens with zero attached hydrogens (tertiary/aromatic N) is 2. The summed E-state index contributed by atoms with van der Waals surface area (Å²) in [5, 5.41) is 9.84. The second-order valence-corrected chi connectivity index (χ2v) is 7.77. The van der Waals surface area contributed by atoms with E-state index >= 15 is 0 Å². The van der Waals surface area contributed by atoms with Gasteiger partial charge in [-0.3, -0.25) is 4.90 Å². The summed E-state index contributed by atoms with van der Waals surface area (Å²) in [6.07, 6.45) is 2.16. The molecule has 4 heteroatoms. The van der Waals surface area contributed by atoms with E-state index in [-0.39, 0.29) is 11.8 Å². The molecule has 1 atom stereocenters. The summed E-state index contributed by atoms with van der Waals surface area (Å²) in [5.74, 6) is 0.832. The Hall–Kier alpha value is -3.29. The van der Waals surface area contributed by atoms with Crippen molar-refractivity contribution in [3.05, 3.63) is 100 Å². The number of hydrogen-bond acceptors (Lipinski definition) is 4. The Morgan fingerprint density at radius 1 is 1.07 bits per heavy atom. The Labute approximate surface area is 172 Å². The van der Waals surface area contributed by atoms with Crippen LogP contribution in [0.3, 0.4) is 0 Å². The highest BCUT2D eigenvalue weighted by Gasteiger charge is 2.38. The van der Waals surface area contributed by atoms with Gasteiger partial charge in [0.25, 0.3) is 0 Å². The molecule has 2 heterocycles. The molecule has 0 unspecified atom stereocenters. The van der Waals surface area contributed by atoms with E-state index in [1.54, 1.807) is 0 Å².